The molecule has 2 rings (SSSR count). The molecule has 21 heavy (non-hydrogen) atoms. The van der Waals surface area contributed by atoms with Crippen molar-refractivity contribution < 1.29 is 4.79 Å². The molecule has 0 saturated carbocycles. The van der Waals surface area contributed by atoms with Crippen LogP contribution in [0.3, 0.4) is 0 Å². The zero-order chi connectivity index (χ0) is 15.1. The molecule has 0 aliphatic rings. The second-order valence-electron chi connectivity index (χ2n) is 4.80. The van der Waals surface area contributed by atoms with Gasteiger partial charge in [-0.2, -0.15) is 0 Å². The summed E-state index contributed by atoms with van der Waals surface area (Å²) in [4.78, 5) is 12.0. The first kappa shape index (κ1) is 15.4. The number of carbonyl (C=O) groups is 1. The van der Waals surface area contributed by atoms with Crippen LogP contribution in [0.2, 0.25) is 5.02 Å². The highest BCUT2D eigenvalue weighted by Crippen LogP contribution is 2.19. The summed E-state index contributed by atoms with van der Waals surface area (Å²) >= 11 is 5.89. The van der Waals surface area contributed by atoms with Crippen molar-refractivity contribution in [3.05, 3.63) is 65.2 Å². The van der Waals surface area contributed by atoms with Gasteiger partial charge in [-0.3, -0.25) is 4.79 Å². The fourth-order valence-corrected chi connectivity index (χ4v) is 2.23. The molecule has 110 valence electrons. The number of rotatable bonds is 6. The second-order valence-corrected chi connectivity index (χ2v) is 5.24. The number of halogens is 1. The Morgan fingerprint density at radius 3 is 2.38 bits per heavy atom. The van der Waals surface area contributed by atoms with Crippen molar-refractivity contribution in [1.29, 1.82) is 0 Å². The van der Waals surface area contributed by atoms with E-state index in [-0.39, 0.29) is 18.5 Å². The summed E-state index contributed by atoms with van der Waals surface area (Å²) in [5.41, 5.74) is 2.00. The Kier molecular flexibility index (Phi) is 5.64. The fraction of sp³-hybridized carbons (Fsp3) is 0.235. The predicted octanol–water partition coefficient (Wildman–Crippen LogP) is 4.02. The number of carbonyl (C=O) groups excluding carboxylic acids is 1. The van der Waals surface area contributed by atoms with Crippen LogP contribution in [0.25, 0.3) is 0 Å². The third-order valence-corrected chi connectivity index (χ3v) is 3.49. The van der Waals surface area contributed by atoms with E-state index in [0.29, 0.717) is 5.02 Å². The Morgan fingerprint density at radius 1 is 1.10 bits per heavy atom. The molecule has 0 radical (unpaired) electrons. The van der Waals surface area contributed by atoms with Gasteiger partial charge in [0.15, 0.2) is 0 Å². The van der Waals surface area contributed by atoms with Gasteiger partial charge in [-0.05, 0) is 36.2 Å². The predicted molar refractivity (Wildman–Crippen MR) is 87.6 cm³/mol. The lowest BCUT2D eigenvalue weighted by Gasteiger charge is -2.18. The highest BCUT2D eigenvalue weighted by molar-refractivity contribution is 6.30. The molecule has 2 aromatic rings. The van der Waals surface area contributed by atoms with Gasteiger partial charge in [-0.1, -0.05) is 48.9 Å². The summed E-state index contributed by atoms with van der Waals surface area (Å²) in [6, 6.07) is 17.3. The van der Waals surface area contributed by atoms with Crippen molar-refractivity contribution in [3.8, 4) is 0 Å². The molecule has 0 aliphatic heterocycles. The van der Waals surface area contributed by atoms with Crippen molar-refractivity contribution in [2.75, 3.05) is 11.9 Å². The van der Waals surface area contributed by atoms with Gasteiger partial charge >= 0.3 is 0 Å². The molecular weight excluding hydrogens is 284 g/mol. The standard InChI is InChI=1S/C17H19ClN2O/c1-2-16(13-8-10-14(18)11-9-13)20-17(21)12-19-15-6-4-3-5-7-15/h3-11,16,19H,2,12H2,1H3,(H,20,21). The second kappa shape index (κ2) is 7.70. The zero-order valence-corrected chi connectivity index (χ0v) is 12.7. The number of nitrogens with one attached hydrogen (secondary N) is 2. The summed E-state index contributed by atoms with van der Waals surface area (Å²) in [6.07, 6.45) is 0.832. The lowest BCUT2D eigenvalue weighted by atomic mass is 10.0. The molecule has 0 spiro atoms. The third-order valence-electron chi connectivity index (χ3n) is 3.24. The van der Waals surface area contributed by atoms with Gasteiger partial charge in [0.1, 0.15) is 0 Å². The van der Waals surface area contributed by atoms with Crippen LogP contribution in [0.15, 0.2) is 54.6 Å². The van der Waals surface area contributed by atoms with E-state index in [2.05, 4.69) is 10.6 Å². The van der Waals surface area contributed by atoms with Crippen LogP contribution >= 0.6 is 11.6 Å². The van der Waals surface area contributed by atoms with Gasteiger partial charge in [0, 0.05) is 10.7 Å². The van der Waals surface area contributed by atoms with Crippen LogP contribution in [0.1, 0.15) is 24.9 Å². The van der Waals surface area contributed by atoms with Crippen LogP contribution in [0, 0.1) is 0 Å². The first-order valence-electron chi connectivity index (χ1n) is 7.02. The molecule has 1 amide bonds. The molecule has 0 heterocycles. The molecule has 1 atom stereocenters. The number of benzene rings is 2. The van der Waals surface area contributed by atoms with Gasteiger partial charge < -0.3 is 10.6 Å². The first-order chi connectivity index (χ1) is 10.2. The molecule has 3 nitrogen and oxygen atoms in total. The highest BCUT2D eigenvalue weighted by atomic mass is 35.5. The van der Waals surface area contributed by atoms with Gasteiger partial charge in [0.2, 0.25) is 5.91 Å². The van der Waals surface area contributed by atoms with Crippen LogP contribution < -0.4 is 10.6 Å². The Bertz CT molecular complexity index is 569. The smallest absolute Gasteiger partial charge is 0.239 e. The maximum Gasteiger partial charge on any atom is 0.239 e. The Morgan fingerprint density at radius 2 is 1.76 bits per heavy atom. The minimum Gasteiger partial charge on any atom is -0.376 e. The maximum absolute atomic E-state index is 12.0. The summed E-state index contributed by atoms with van der Waals surface area (Å²) in [5.74, 6) is -0.0272. The van der Waals surface area contributed by atoms with Crippen molar-refractivity contribution in [2.45, 2.75) is 19.4 Å². The lowest BCUT2D eigenvalue weighted by molar-refractivity contribution is -0.120. The molecule has 0 aliphatic carbocycles. The van der Waals surface area contributed by atoms with Gasteiger partial charge in [-0.15, -0.1) is 0 Å². The van der Waals surface area contributed by atoms with E-state index < -0.39 is 0 Å². The Labute approximate surface area is 130 Å². The number of para-hydroxylation sites is 1. The van der Waals surface area contributed by atoms with E-state index in [9.17, 15) is 4.79 Å². The summed E-state index contributed by atoms with van der Waals surface area (Å²) in [5, 5.41) is 6.83. The van der Waals surface area contributed by atoms with Crippen molar-refractivity contribution in [3.63, 3.8) is 0 Å². The molecule has 2 aromatic carbocycles. The van der Waals surface area contributed by atoms with Crippen LogP contribution in [0.5, 0.6) is 0 Å². The Hall–Kier alpha value is -2.00. The number of hydrogen-bond donors (Lipinski definition) is 2. The van der Waals surface area contributed by atoms with E-state index >= 15 is 0 Å². The third kappa shape index (κ3) is 4.80. The van der Waals surface area contributed by atoms with E-state index in [4.69, 9.17) is 11.6 Å². The average Bonchev–Trinajstić information content (AvgIpc) is 2.52. The lowest BCUT2D eigenvalue weighted by Crippen LogP contribution is -2.33. The quantitative estimate of drug-likeness (QED) is 0.846. The van der Waals surface area contributed by atoms with E-state index in [0.717, 1.165) is 17.7 Å². The van der Waals surface area contributed by atoms with E-state index in [1.165, 1.54) is 0 Å². The van der Waals surface area contributed by atoms with Crippen LogP contribution in [-0.2, 0) is 4.79 Å². The zero-order valence-electron chi connectivity index (χ0n) is 12.0. The van der Waals surface area contributed by atoms with Gasteiger partial charge in [0.05, 0.1) is 12.6 Å². The average molecular weight is 303 g/mol. The molecular formula is C17H19ClN2O. The normalized spacial score (nSPS) is 11.7. The molecule has 0 aromatic heterocycles. The topological polar surface area (TPSA) is 41.1 Å². The van der Waals surface area contributed by atoms with Gasteiger partial charge in [-0.25, -0.2) is 0 Å². The van der Waals surface area contributed by atoms with Crippen LogP contribution in [0.4, 0.5) is 5.69 Å². The first-order valence-corrected chi connectivity index (χ1v) is 7.40. The van der Waals surface area contributed by atoms with Crippen molar-refractivity contribution >= 4 is 23.2 Å². The van der Waals surface area contributed by atoms with Crippen molar-refractivity contribution in [2.24, 2.45) is 0 Å². The minimum atomic E-state index is -0.0272. The van der Waals surface area contributed by atoms with Crippen molar-refractivity contribution in [1.82, 2.24) is 5.32 Å². The summed E-state index contributed by atoms with van der Waals surface area (Å²) < 4.78 is 0. The minimum absolute atomic E-state index is 0.00680. The molecule has 1 unspecified atom stereocenters. The van der Waals surface area contributed by atoms with E-state index in [1.54, 1.807) is 0 Å². The largest absolute Gasteiger partial charge is 0.376 e. The molecule has 0 bridgehead atoms. The molecule has 2 N–H and O–H groups in total. The van der Waals surface area contributed by atoms with E-state index in [1.807, 2.05) is 61.5 Å². The Balaban J connectivity index is 1.89. The number of hydrogen-bond acceptors (Lipinski definition) is 2. The number of anilines is 1. The van der Waals surface area contributed by atoms with Gasteiger partial charge in [0.25, 0.3) is 0 Å². The molecule has 4 heteroatoms. The molecule has 0 fully saturated rings. The fourth-order valence-electron chi connectivity index (χ4n) is 2.10. The maximum atomic E-state index is 12.0. The highest BCUT2D eigenvalue weighted by Gasteiger charge is 2.12. The monoisotopic (exact) mass is 302 g/mol. The molecule has 0 saturated heterocycles. The van der Waals surface area contributed by atoms with Crippen LogP contribution in [-0.4, -0.2) is 12.5 Å². The SMILES string of the molecule is CCC(NC(=O)CNc1ccccc1)c1ccc(Cl)cc1. The summed E-state index contributed by atoms with van der Waals surface area (Å²) in [7, 11) is 0. The summed E-state index contributed by atoms with van der Waals surface area (Å²) in [6.45, 7) is 2.30. The number of amides is 1.